The van der Waals surface area contributed by atoms with Crippen LogP contribution in [-0.4, -0.2) is 34.9 Å². The van der Waals surface area contributed by atoms with Gasteiger partial charge in [0.15, 0.2) is 0 Å². The van der Waals surface area contributed by atoms with Gasteiger partial charge >= 0.3 is 0 Å². The third-order valence-electron chi connectivity index (χ3n) is 4.49. The van der Waals surface area contributed by atoms with E-state index in [0.29, 0.717) is 11.7 Å². The van der Waals surface area contributed by atoms with Crippen LogP contribution in [0.4, 0.5) is 5.82 Å². The molecule has 4 rings (SSSR count). The predicted molar refractivity (Wildman–Crippen MR) is 85.6 cm³/mol. The molecule has 5 heteroatoms. The van der Waals surface area contributed by atoms with Crippen LogP contribution in [0, 0.1) is 5.92 Å². The molecule has 1 amide bonds. The van der Waals surface area contributed by atoms with E-state index >= 15 is 0 Å². The topological polar surface area (TPSA) is 45.2 Å². The van der Waals surface area contributed by atoms with Gasteiger partial charge < -0.3 is 5.32 Å². The molecule has 1 saturated carbocycles. The molecule has 4 nitrogen and oxygen atoms in total. The minimum absolute atomic E-state index is 0.0446. The predicted octanol–water partition coefficient (Wildman–Crippen LogP) is 3.11. The second-order valence-electron chi connectivity index (χ2n) is 6.01. The van der Waals surface area contributed by atoms with Crippen molar-refractivity contribution in [1.82, 2.24) is 9.88 Å². The number of nitrogens with zero attached hydrogens (tertiary/aromatic N) is 2. The summed E-state index contributed by atoms with van der Waals surface area (Å²) in [5.41, 5.74) is 0. The van der Waals surface area contributed by atoms with E-state index in [1.54, 1.807) is 17.5 Å². The fourth-order valence-corrected chi connectivity index (χ4v) is 4.08. The lowest BCUT2D eigenvalue weighted by atomic mass is 10.1. The number of pyridine rings is 1. The molecule has 1 aliphatic heterocycles. The first kappa shape index (κ1) is 13.2. The van der Waals surface area contributed by atoms with Crippen LogP contribution >= 0.6 is 11.3 Å². The van der Waals surface area contributed by atoms with Gasteiger partial charge in [0.1, 0.15) is 5.82 Å². The zero-order chi connectivity index (χ0) is 14.2. The quantitative estimate of drug-likeness (QED) is 0.944. The van der Waals surface area contributed by atoms with Gasteiger partial charge in [0.25, 0.3) is 0 Å². The molecule has 1 aliphatic carbocycles. The number of carbonyl (C=O) groups is 1. The number of nitrogens with one attached hydrogen (secondary N) is 1. The first-order valence-electron chi connectivity index (χ1n) is 7.70. The molecule has 2 aliphatic rings. The van der Waals surface area contributed by atoms with Crippen LogP contribution in [0.2, 0.25) is 0 Å². The van der Waals surface area contributed by atoms with Gasteiger partial charge in [0, 0.05) is 16.3 Å². The Hall–Kier alpha value is -1.46. The molecular formula is C16H19N3OS. The minimum Gasteiger partial charge on any atom is -0.309 e. The number of anilines is 1. The van der Waals surface area contributed by atoms with Gasteiger partial charge in [-0.15, -0.1) is 11.3 Å². The normalized spacial score (nSPS) is 20.8. The summed E-state index contributed by atoms with van der Waals surface area (Å²) in [6.07, 6.45) is 6.58. The number of fused-ring (bicyclic) bond motifs is 1. The van der Waals surface area contributed by atoms with Crippen LogP contribution in [0.3, 0.4) is 0 Å². The van der Waals surface area contributed by atoms with Crippen LogP contribution in [0.5, 0.6) is 0 Å². The van der Waals surface area contributed by atoms with E-state index in [9.17, 15) is 4.79 Å². The number of aromatic nitrogens is 1. The van der Waals surface area contributed by atoms with E-state index in [-0.39, 0.29) is 11.9 Å². The van der Waals surface area contributed by atoms with E-state index in [1.807, 2.05) is 17.5 Å². The Labute approximate surface area is 128 Å². The van der Waals surface area contributed by atoms with Crippen molar-refractivity contribution in [3.05, 3.63) is 23.7 Å². The number of likely N-dealkylation sites (tertiary alicyclic amines) is 1. The molecule has 2 fully saturated rings. The van der Waals surface area contributed by atoms with Crippen molar-refractivity contribution < 1.29 is 4.79 Å². The summed E-state index contributed by atoms with van der Waals surface area (Å²) in [5, 5.41) is 6.17. The molecule has 2 aromatic heterocycles. The van der Waals surface area contributed by atoms with E-state index in [0.717, 1.165) is 18.5 Å². The second kappa shape index (κ2) is 5.39. The first-order chi connectivity index (χ1) is 10.3. The van der Waals surface area contributed by atoms with E-state index < -0.39 is 0 Å². The van der Waals surface area contributed by atoms with Crippen molar-refractivity contribution in [2.75, 3.05) is 18.4 Å². The zero-order valence-corrected chi connectivity index (χ0v) is 12.7. The summed E-state index contributed by atoms with van der Waals surface area (Å²) in [5.74, 6) is 1.39. The maximum Gasteiger partial charge on any atom is 0.243 e. The summed E-state index contributed by atoms with van der Waals surface area (Å²) in [6, 6.07) is 4.07. The van der Waals surface area contributed by atoms with Gasteiger partial charge in [-0.25, -0.2) is 4.98 Å². The van der Waals surface area contributed by atoms with E-state index in [2.05, 4.69) is 15.2 Å². The molecular weight excluding hydrogens is 282 g/mol. The maximum atomic E-state index is 12.8. The number of carbonyl (C=O) groups excluding carboxylic acids is 1. The Kier molecular flexibility index (Phi) is 3.39. The van der Waals surface area contributed by atoms with Crippen LogP contribution in [0.1, 0.15) is 25.7 Å². The molecule has 1 N–H and O–H groups in total. The summed E-state index contributed by atoms with van der Waals surface area (Å²) in [7, 11) is 0. The fourth-order valence-electron chi connectivity index (χ4n) is 3.29. The highest BCUT2D eigenvalue weighted by Gasteiger charge is 2.41. The monoisotopic (exact) mass is 301 g/mol. The SMILES string of the molecule is O=C(Nc1nccc2sccc12)C(C1CC1)N1CCCC1. The highest BCUT2D eigenvalue weighted by Crippen LogP contribution is 2.37. The third-order valence-corrected chi connectivity index (χ3v) is 5.37. The number of hydrogen-bond acceptors (Lipinski definition) is 4. The van der Waals surface area contributed by atoms with Gasteiger partial charge in [-0.1, -0.05) is 0 Å². The summed E-state index contributed by atoms with van der Waals surface area (Å²) >= 11 is 1.68. The van der Waals surface area contributed by atoms with Crippen molar-refractivity contribution in [2.45, 2.75) is 31.7 Å². The van der Waals surface area contributed by atoms with Crippen LogP contribution in [0.25, 0.3) is 10.1 Å². The molecule has 0 radical (unpaired) electrons. The Morgan fingerprint density at radius 1 is 1.33 bits per heavy atom. The van der Waals surface area contributed by atoms with E-state index in [1.165, 1.54) is 30.4 Å². The van der Waals surface area contributed by atoms with Crippen molar-refractivity contribution in [1.29, 1.82) is 0 Å². The molecule has 3 heterocycles. The smallest absolute Gasteiger partial charge is 0.243 e. The van der Waals surface area contributed by atoms with Gasteiger partial charge in [-0.3, -0.25) is 9.69 Å². The van der Waals surface area contributed by atoms with Crippen molar-refractivity contribution in [3.63, 3.8) is 0 Å². The summed E-state index contributed by atoms with van der Waals surface area (Å²) < 4.78 is 1.17. The maximum absolute atomic E-state index is 12.8. The minimum atomic E-state index is 0.0446. The van der Waals surface area contributed by atoms with Gasteiger partial charge in [0.05, 0.1) is 6.04 Å². The summed E-state index contributed by atoms with van der Waals surface area (Å²) in [4.78, 5) is 19.5. The Morgan fingerprint density at radius 2 is 2.14 bits per heavy atom. The third kappa shape index (κ3) is 2.56. The standard InChI is InChI=1S/C16H19N3OS/c20-16(14(11-3-4-11)19-8-1-2-9-19)18-15-12-6-10-21-13(12)5-7-17-15/h5-7,10-11,14H,1-4,8-9H2,(H,17,18,20). The van der Waals surface area contributed by atoms with Gasteiger partial charge in [0.2, 0.25) is 5.91 Å². The second-order valence-corrected chi connectivity index (χ2v) is 6.95. The highest BCUT2D eigenvalue weighted by molar-refractivity contribution is 7.17. The van der Waals surface area contributed by atoms with Crippen LogP contribution in [-0.2, 0) is 4.79 Å². The largest absolute Gasteiger partial charge is 0.309 e. The molecule has 2 aromatic rings. The zero-order valence-electron chi connectivity index (χ0n) is 11.9. The Bertz CT molecular complexity index is 658. The molecule has 110 valence electrons. The number of rotatable bonds is 4. The number of thiophene rings is 1. The van der Waals surface area contributed by atoms with Gasteiger partial charge in [-0.2, -0.15) is 0 Å². The molecule has 1 saturated heterocycles. The van der Waals surface area contributed by atoms with Crippen molar-refractivity contribution in [3.8, 4) is 0 Å². The highest BCUT2D eigenvalue weighted by atomic mass is 32.1. The fraction of sp³-hybridized carbons (Fsp3) is 0.500. The lowest BCUT2D eigenvalue weighted by molar-refractivity contribution is -0.121. The Balaban J connectivity index is 1.57. The molecule has 1 atom stereocenters. The average Bonchev–Trinajstić information content (AvgIpc) is 2.99. The molecule has 0 aromatic carbocycles. The van der Waals surface area contributed by atoms with E-state index in [4.69, 9.17) is 0 Å². The summed E-state index contributed by atoms with van der Waals surface area (Å²) in [6.45, 7) is 2.12. The van der Waals surface area contributed by atoms with Crippen molar-refractivity contribution >= 4 is 33.1 Å². The Morgan fingerprint density at radius 3 is 2.90 bits per heavy atom. The molecule has 1 unspecified atom stereocenters. The molecule has 0 spiro atoms. The van der Waals surface area contributed by atoms with Crippen LogP contribution < -0.4 is 5.32 Å². The number of amides is 1. The van der Waals surface area contributed by atoms with Crippen LogP contribution in [0.15, 0.2) is 23.7 Å². The lowest BCUT2D eigenvalue weighted by Crippen LogP contribution is -2.44. The molecule has 0 bridgehead atoms. The van der Waals surface area contributed by atoms with Crippen molar-refractivity contribution in [2.24, 2.45) is 5.92 Å². The lowest BCUT2D eigenvalue weighted by Gasteiger charge is -2.26. The van der Waals surface area contributed by atoms with Gasteiger partial charge in [-0.05, 0) is 62.2 Å². The molecule has 21 heavy (non-hydrogen) atoms. The first-order valence-corrected chi connectivity index (χ1v) is 8.58. The number of hydrogen-bond donors (Lipinski definition) is 1. The average molecular weight is 301 g/mol.